The Kier molecular flexibility index (Phi) is 4.97. The van der Waals surface area contributed by atoms with E-state index in [0.717, 1.165) is 11.1 Å². The van der Waals surface area contributed by atoms with E-state index in [1.165, 1.54) is 22.8 Å². The monoisotopic (exact) mass is 521 g/mol. The van der Waals surface area contributed by atoms with Crippen LogP contribution < -0.4 is 10.6 Å². The number of fused-ring (bicyclic) bond motifs is 2. The van der Waals surface area contributed by atoms with Crippen molar-refractivity contribution in [3.63, 3.8) is 0 Å². The molecule has 4 aromatic rings. The fraction of sp³-hybridized carbons (Fsp3) is 0.318. The molecule has 9 nitrogen and oxygen atoms in total. The number of aromatic nitrogens is 5. The molecule has 1 aromatic carbocycles. The molecule has 2 N–H and O–H groups in total. The summed E-state index contributed by atoms with van der Waals surface area (Å²) in [6.45, 7) is -1.33. The van der Waals surface area contributed by atoms with Crippen LogP contribution in [0.3, 0.4) is 0 Å². The number of nitrogens with zero attached hydrogens (tertiary/aromatic N) is 5. The number of urea groups is 1. The molecule has 3 atom stereocenters. The average molecular weight is 522 g/mol. The molecule has 0 bridgehead atoms. The van der Waals surface area contributed by atoms with Crippen molar-refractivity contribution in [3.8, 4) is 0 Å². The molecular formula is C22H16ClF4N7O2. The van der Waals surface area contributed by atoms with E-state index in [9.17, 15) is 27.2 Å². The Balaban J connectivity index is 1.37. The number of imide groups is 1. The number of hydrogen-bond acceptors (Lipinski definition) is 5. The van der Waals surface area contributed by atoms with Gasteiger partial charge < -0.3 is 5.32 Å². The van der Waals surface area contributed by atoms with Crippen LogP contribution in [0.5, 0.6) is 0 Å². The van der Waals surface area contributed by atoms with Gasteiger partial charge in [0.1, 0.15) is 6.54 Å². The molecule has 36 heavy (non-hydrogen) atoms. The predicted molar refractivity (Wildman–Crippen MR) is 118 cm³/mol. The molecule has 2 fully saturated rings. The van der Waals surface area contributed by atoms with Crippen LogP contribution in [-0.4, -0.2) is 49.0 Å². The van der Waals surface area contributed by atoms with Gasteiger partial charge in [-0.3, -0.25) is 14.8 Å². The Labute approximate surface area is 204 Å². The van der Waals surface area contributed by atoms with Crippen molar-refractivity contribution in [2.75, 3.05) is 6.54 Å². The first kappa shape index (κ1) is 22.7. The maximum absolute atomic E-state index is 14.1. The number of amides is 3. The third-order valence-electron chi connectivity index (χ3n) is 6.53. The first-order valence-corrected chi connectivity index (χ1v) is 11.3. The molecule has 186 valence electrons. The molecule has 1 saturated carbocycles. The zero-order valence-electron chi connectivity index (χ0n) is 18.2. The number of benzene rings is 1. The summed E-state index contributed by atoms with van der Waals surface area (Å²) in [4.78, 5) is 28.2. The maximum atomic E-state index is 14.1. The summed E-state index contributed by atoms with van der Waals surface area (Å²) in [5.41, 5.74) is 2.43. The minimum absolute atomic E-state index is 0.0131. The number of hydrogen-bond donors (Lipinski definition) is 2. The molecule has 4 heterocycles. The van der Waals surface area contributed by atoms with Crippen LogP contribution in [0.1, 0.15) is 41.0 Å². The lowest BCUT2D eigenvalue weighted by atomic mass is 9.99. The third-order valence-corrected chi connectivity index (χ3v) is 6.79. The van der Waals surface area contributed by atoms with Gasteiger partial charge in [-0.2, -0.15) is 22.7 Å². The van der Waals surface area contributed by atoms with Crippen molar-refractivity contribution in [2.45, 2.75) is 36.9 Å². The van der Waals surface area contributed by atoms with Crippen LogP contribution in [0, 0.1) is 5.95 Å². The van der Waals surface area contributed by atoms with Crippen LogP contribution in [0.4, 0.5) is 22.4 Å². The Hall–Kier alpha value is -3.74. The van der Waals surface area contributed by atoms with E-state index in [2.05, 4.69) is 25.8 Å². The van der Waals surface area contributed by atoms with Crippen LogP contribution >= 0.6 is 11.6 Å². The SMILES string of the molecule is O=C1NCC(c2cc([C@H]3C[C@@H]3c3ccc4c(F)nn(CC(F)(F)F)c4c3)c3ncc(Cl)n3n2)C(=O)N1. The molecule has 1 unspecified atom stereocenters. The third kappa shape index (κ3) is 3.83. The van der Waals surface area contributed by atoms with E-state index in [4.69, 9.17) is 11.6 Å². The van der Waals surface area contributed by atoms with Gasteiger partial charge in [0.2, 0.25) is 11.9 Å². The van der Waals surface area contributed by atoms with E-state index in [1.54, 1.807) is 12.1 Å². The van der Waals surface area contributed by atoms with Crippen molar-refractivity contribution < 1.29 is 27.2 Å². The number of rotatable bonds is 4. The van der Waals surface area contributed by atoms with Gasteiger partial charge in [-0.15, -0.1) is 5.10 Å². The molecule has 6 rings (SSSR count). The van der Waals surface area contributed by atoms with Gasteiger partial charge in [0.15, 0.2) is 10.8 Å². The van der Waals surface area contributed by atoms with Gasteiger partial charge in [0.25, 0.3) is 0 Å². The largest absolute Gasteiger partial charge is 0.408 e. The van der Waals surface area contributed by atoms with Gasteiger partial charge >= 0.3 is 12.2 Å². The van der Waals surface area contributed by atoms with Gasteiger partial charge in [-0.1, -0.05) is 17.7 Å². The molecule has 1 aliphatic heterocycles. The van der Waals surface area contributed by atoms with E-state index in [-0.39, 0.29) is 34.4 Å². The Morgan fingerprint density at radius 2 is 1.94 bits per heavy atom. The fourth-order valence-electron chi connectivity index (χ4n) is 4.78. The second-order valence-electron chi connectivity index (χ2n) is 8.88. The molecule has 0 spiro atoms. The topological polar surface area (TPSA) is 106 Å². The summed E-state index contributed by atoms with van der Waals surface area (Å²) in [5.74, 6) is -2.36. The lowest BCUT2D eigenvalue weighted by Gasteiger charge is -2.22. The second kappa shape index (κ2) is 7.88. The van der Waals surface area contributed by atoms with Crippen LogP contribution in [0.15, 0.2) is 30.5 Å². The lowest BCUT2D eigenvalue weighted by Crippen LogP contribution is -2.51. The van der Waals surface area contributed by atoms with Crippen molar-refractivity contribution >= 4 is 40.1 Å². The Morgan fingerprint density at radius 1 is 1.14 bits per heavy atom. The number of halogens is 5. The molecule has 1 saturated heterocycles. The summed E-state index contributed by atoms with van der Waals surface area (Å²) in [6.07, 6.45) is -2.46. The summed E-state index contributed by atoms with van der Waals surface area (Å²) < 4.78 is 55.1. The number of nitrogens with one attached hydrogen (secondary N) is 2. The minimum atomic E-state index is -4.55. The number of carbonyl (C=O) groups excluding carboxylic acids is 2. The zero-order valence-corrected chi connectivity index (χ0v) is 18.9. The van der Waals surface area contributed by atoms with Crippen LogP contribution in [-0.2, 0) is 11.3 Å². The van der Waals surface area contributed by atoms with E-state index >= 15 is 0 Å². The first-order valence-electron chi connectivity index (χ1n) is 10.9. The standard InChI is InChI=1S/C22H16ClF4N7O2/c23-17-7-28-19-13(5-15(31-34(17)19)14-6-29-21(36)30-20(14)35)12-4-11(12)9-1-2-10-16(3-9)33(32-18(10)24)8-22(25,26)27/h1-3,5,7,11-12,14H,4,6,8H2,(H2,29,30,35,36)/t11-,12+,14?/m1/s1. The number of imidazole rings is 1. The predicted octanol–water partition coefficient (Wildman–Crippen LogP) is 3.63. The number of alkyl halides is 3. The smallest absolute Gasteiger partial charge is 0.337 e. The first-order chi connectivity index (χ1) is 17.1. The highest BCUT2D eigenvalue weighted by molar-refractivity contribution is 6.29. The summed E-state index contributed by atoms with van der Waals surface area (Å²) in [7, 11) is 0. The van der Waals surface area contributed by atoms with Gasteiger partial charge in [-0.25, -0.2) is 14.3 Å². The summed E-state index contributed by atoms with van der Waals surface area (Å²) in [6, 6.07) is 5.81. The van der Waals surface area contributed by atoms with E-state index in [0.29, 0.717) is 22.4 Å². The molecule has 14 heteroatoms. The van der Waals surface area contributed by atoms with Crippen LogP contribution in [0.25, 0.3) is 16.6 Å². The molecule has 3 aromatic heterocycles. The lowest BCUT2D eigenvalue weighted by molar-refractivity contribution is -0.142. The van der Waals surface area contributed by atoms with E-state index in [1.807, 2.05) is 0 Å². The van der Waals surface area contributed by atoms with E-state index < -0.39 is 36.5 Å². The maximum Gasteiger partial charge on any atom is 0.408 e. The van der Waals surface area contributed by atoms with Gasteiger partial charge in [0.05, 0.1) is 28.7 Å². The zero-order chi connectivity index (χ0) is 25.4. The van der Waals surface area contributed by atoms with Crippen molar-refractivity contribution in [1.29, 1.82) is 0 Å². The highest BCUT2D eigenvalue weighted by atomic mass is 35.5. The van der Waals surface area contributed by atoms with Crippen molar-refractivity contribution in [1.82, 2.24) is 35.0 Å². The molecule has 1 aliphatic carbocycles. The Bertz CT molecular complexity index is 1560. The van der Waals surface area contributed by atoms with Gasteiger partial charge in [0, 0.05) is 12.1 Å². The highest BCUT2D eigenvalue weighted by Crippen LogP contribution is 2.56. The fourth-order valence-corrected chi connectivity index (χ4v) is 4.94. The minimum Gasteiger partial charge on any atom is -0.337 e. The molecular weight excluding hydrogens is 506 g/mol. The quantitative estimate of drug-likeness (QED) is 0.399. The normalized spacial score (nSPS) is 22.2. The molecule has 2 aliphatic rings. The van der Waals surface area contributed by atoms with Crippen LogP contribution in [0.2, 0.25) is 5.15 Å². The molecule has 3 amide bonds. The summed E-state index contributed by atoms with van der Waals surface area (Å²) >= 11 is 6.26. The van der Waals surface area contributed by atoms with Gasteiger partial charge in [-0.05, 0) is 42.0 Å². The second-order valence-corrected chi connectivity index (χ2v) is 9.27. The van der Waals surface area contributed by atoms with Crippen molar-refractivity contribution in [3.05, 3.63) is 58.4 Å². The van der Waals surface area contributed by atoms with Crippen molar-refractivity contribution in [2.24, 2.45) is 0 Å². The Morgan fingerprint density at radius 3 is 2.69 bits per heavy atom. The summed E-state index contributed by atoms with van der Waals surface area (Å²) in [5, 5.41) is 12.9. The number of carbonyl (C=O) groups is 2. The highest BCUT2D eigenvalue weighted by Gasteiger charge is 2.43. The molecule has 0 radical (unpaired) electrons. The average Bonchev–Trinajstić information content (AvgIpc) is 3.44.